The molecule has 2 aliphatic heterocycles. The number of hydrogen-bond acceptors (Lipinski definition) is 6. The molecule has 0 fully saturated rings. The molecule has 0 saturated heterocycles. The van der Waals surface area contributed by atoms with Crippen molar-refractivity contribution in [2.75, 3.05) is 9.80 Å². The van der Waals surface area contributed by atoms with E-state index in [0.29, 0.717) is 33.0 Å². The Morgan fingerprint density at radius 1 is 0.298 bits per heavy atom. The van der Waals surface area contributed by atoms with Crippen LogP contribution >= 0.6 is 0 Å². The summed E-state index contributed by atoms with van der Waals surface area (Å²) in [6.07, 6.45) is 14.8. The monoisotopic (exact) mass is 1260 g/mol. The molecule has 492 valence electrons. The van der Waals surface area contributed by atoms with Crippen LogP contribution in [0.25, 0.3) is 43.1 Å². The summed E-state index contributed by atoms with van der Waals surface area (Å²) in [6, 6.07) is 47.2. The van der Waals surface area contributed by atoms with E-state index in [9.17, 15) is 0 Å². The van der Waals surface area contributed by atoms with E-state index in [1.54, 1.807) is 9.80 Å². The van der Waals surface area contributed by atoms with Crippen LogP contribution in [0.4, 0.5) is 34.1 Å². The van der Waals surface area contributed by atoms with Gasteiger partial charge in [-0.15, -0.1) is 0 Å². The number of imide groups is 2. The third kappa shape index (κ3) is 12.7. The molecule has 0 aromatic heterocycles. The van der Waals surface area contributed by atoms with E-state index in [1.807, 2.05) is 12.1 Å². The van der Waals surface area contributed by atoms with Crippen molar-refractivity contribution in [3.05, 3.63) is 178 Å². The van der Waals surface area contributed by atoms with Crippen LogP contribution in [0.3, 0.4) is 0 Å². The van der Waals surface area contributed by atoms with Gasteiger partial charge < -0.3 is 9.80 Å². The normalized spacial score (nSPS) is 14.0. The van der Waals surface area contributed by atoms with Gasteiger partial charge in [0.1, 0.15) is 0 Å². The molecule has 4 amide bonds. The van der Waals surface area contributed by atoms with Gasteiger partial charge in [-0.05, 0) is 153 Å². The Bertz CT molecular complexity index is 3850. The summed E-state index contributed by atoms with van der Waals surface area (Å²) in [4.78, 5) is 72.8. The van der Waals surface area contributed by atoms with Crippen LogP contribution in [0.2, 0.25) is 0 Å². The van der Waals surface area contributed by atoms with Gasteiger partial charge in [0.2, 0.25) is 0 Å². The Labute approximate surface area is 561 Å². The number of unbranched alkanes of at least 4 members (excludes halogenated alkanes) is 8. The zero-order chi connectivity index (χ0) is 67.3. The van der Waals surface area contributed by atoms with Crippen molar-refractivity contribution in [3.63, 3.8) is 0 Å². The molecule has 0 saturated carbocycles. The number of amides is 4. The van der Waals surface area contributed by atoms with Crippen molar-refractivity contribution in [1.29, 1.82) is 0 Å². The highest BCUT2D eigenvalue weighted by molar-refractivity contribution is 6.45. The maximum atomic E-state index is 16.4. The molecule has 0 bridgehead atoms. The minimum Gasteiger partial charge on any atom is -0.310 e. The van der Waals surface area contributed by atoms with Gasteiger partial charge in [0.05, 0.1) is 22.5 Å². The second-order valence-corrected chi connectivity index (χ2v) is 31.6. The van der Waals surface area contributed by atoms with Crippen LogP contribution < -0.4 is 9.80 Å². The molecule has 8 nitrogen and oxygen atoms in total. The molecule has 0 unspecified atom stereocenters. The lowest BCUT2D eigenvalue weighted by Gasteiger charge is -2.38. The van der Waals surface area contributed by atoms with Crippen LogP contribution in [0.5, 0.6) is 0 Å². The molecule has 0 N–H and O–H groups in total. The summed E-state index contributed by atoms with van der Waals surface area (Å²) in [5.74, 6) is -1.06. The van der Waals surface area contributed by atoms with Gasteiger partial charge in [-0.1, -0.05) is 248 Å². The smallest absolute Gasteiger partial charge is 0.261 e. The lowest BCUT2D eigenvalue weighted by molar-refractivity contribution is 0.0501. The molecule has 0 atom stereocenters. The van der Waals surface area contributed by atoms with Gasteiger partial charge in [0.25, 0.3) is 23.6 Å². The Morgan fingerprint density at radius 2 is 0.543 bits per heavy atom. The Morgan fingerprint density at radius 3 is 0.777 bits per heavy atom. The molecule has 8 heteroatoms. The average Bonchev–Trinajstić information content (AvgIpc) is 0.676. The van der Waals surface area contributed by atoms with E-state index < -0.39 is 0 Å². The lowest BCUT2D eigenvalue weighted by atomic mass is 9.79. The van der Waals surface area contributed by atoms with Gasteiger partial charge in [0, 0.05) is 78.3 Å². The van der Waals surface area contributed by atoms with Crippen LogP contribution in [-0.2, 0) is 21.7 Å². The number of carbonyl (C=O) groups is 4. The van der Waals surface area contributed by atoms with E-state index in [1.165, 1.54) is 22.3 Å². The topological polar surface area (TPSA) is 81.2 Å². The van der Waals surface area contributed by atoms with Crippen LogP contribution in [-0.4, -0.2) is 45.5 Å². The van der Waals surface area contributed by atoms with Crippen LogP contribution in [0.1, 0.15) is 277 Å². The summed E-state index contributed by atoms with van der Waals surface area (Å²) in [5, 5.41) is 6.19. The highest BCUT2D eigenvalue weighted by Crippen LogP contribution is 2.56. The average molecular weight is 1260 g/mol. The standard InChI is InChI=1S/C86H104N4O4/c1-17-21-25-29-59(30-26-22-18-2)89-79(91)67-51-49-65-76-72(88(63-45-37-57(38-46-63)85(11,12)13)64-47-39-58(40-48-64)86(14,15)16)54-70-74-68(80(92)90(82(70)94)60(31-27-23-19-3)32-28-24-20-4)52-50-66(78(74)76)75-71(53-69(81(89)93)73(67)77(65)75)87(61-41-33-55(34-42-61)83(5,6)7)62-43-35-56(36-44-62)84(8,9)10/h33-54,59-60H,17-32H2,1-16H3. The molecule has 0 radical (unpaired) electrons. The minimum atomic E-state index is -0.276. The van der Waals surface area contributed by atoms with Gasteiger partial charge in [-0.25, -0.2) is 0 Å². The molecular weight excluding hydrogens is 1150 g/mol. The molecular formula is C86H104N4O4. The number of rotatable bonds is 24. The molecule has 9 aromatic rings. The summed E-state index contributed by atoms with van der Waals surface area (Å²) < 4.78 is 0. The lowest BCUT2D eigenvalue weighted by Crippen LogP contribution is -2.47. The first-order valence-corrected chi connectivity index (χ1v) is 35.8. The predicted molar refractivity (Wildman–Crippen MR) is 397 cm³/mol. The van der Waals surface area contributed by atoms with Crippen LogP contribution in [0, 0.1) is 0 Å². The van der Waals surface area contributed by atoms with Crippen molar-refractivity contribution in [2.45, 2.75) is 247 Å². The third-order valence-corrected chi connectivity index (χ3v) is 20.6. The fraction of sp³-hybridized carbons (Fsp3) is 0.442. The Hall–Kier alpha value is -7.84. The summed E-state index contributed by atoms with van der Waals surface area (Å²) in [5.41, 5.74) is 11.4. The summed E-state index contributed by atoms with van der Waals surface area (Å²) in [6.45, 7) is 35.6. The first kappa shape index (κ1) is 67.6. The molecule has 2 heterocycles. The SMILES string of the molecule is CCCCCC(CCCCC)N1C(=O)c2ccc3c4c(N(c5ccc(C(C)(C)C)cc5)c5ccc(C(C)(C)C)cc5)cc5c6c(ccc(c7c(N(c8ccc(C(C)(C)C)cc8)c8ccc(C(C)(C)C)cc8)cc(c2c37)C1=O)c64)C(=O)N(C(CCCCC)CCCCC)C5=O. The van der Waals surface area contributed by atoms with Gasteiger partial charge in [0.15, 0.2) is 0 Å². The third-order valence-electron chi connectivity index (χ3n) is 20.6. The van der Waals surface area contributed by atoms with E-state index in [-0.39, 0.29) is 57.4 Å². The van der Waals surface area contributed by atoms with Crippen molar-refractivity contribution >= 4 is 101 Å². The molecule has 11 rings (SSSR count). The number of carbonyl (C=O) groups excluding carboxylic acids is 4. The number of anilines is 6. The molecule has 9 aromatic carbocycles. The summed E-state index contributed by atoms with van der Waals surface area (Å²) >= 11 is 0. The molecule has 0 spiro atoms. The highest BCUT2D eigenvalue weighted by Gasteiger charge is 2.43. The van der Waals surface area contributed by atoms with Crippen molar-refractivity contribution in [3.8, 4) is 0 Å². The number of benzene rings is 9. The first-order chi connectivity index (χ1) is 44.7. The van der Waals surface area contributed by atoms with E-state index in [4.69, 9.17) is 0 Å². The maximum absolute atomic E-state index is 16.4. The highest BCUT2D eigenvalue weighted by atomic mass is 16.2. The zero-order valence-corrected chi connectivity index (χ0v) is 59.6. The minimum absolute atomic E-state index is 0.126. The first-order valence-electron chi connectivity index (χ1n) is 35.8. The second-order valence-electron chi connectivity index (χ2n) is 31.6. The number of fused-ring (bicyclic) bond motifs is 2. The van der Waals surface area contributed by atoms with Crippen molar-refractivity contribution < 1.29 is 19.2 Å². The fourth-order valence-corrected chi connectivity index (χ4v) is 15.1. The Kier molecular flexibility index (Phi) is 19.2. The number of hydrogen-bond donors (Lipinski definition) is 0. The van der Waals surface area contributed by atoms with E-state index in [0.717, 1.165) is 169 Å². The second kappa shape index (κ2) is 26.8. The van der Waals surface area contributed by atoms with E-state index in [2.05, 4.69) is 242 Å². The molecule has 2 aliphatic rings. The molecule has 0 aliphatic carbocycles. The molecule has 94 heavy (non-hydrogen) atoms. The Balaban J connectivity index is 1.33. The van der Waals surface area contributed by atoms with Gasteiger partial charge >= 0.3 is 0 Å². The van der Waals surface area contributed by atoms with Crippen molar-refractivity contribution in [2.24, 2.45) is 0 Å². The largest absolute Gasteiger partial charge is 0.310 e. The maximum Gasteiger partial charge on any atom is 0.261 e. The van der Waals surface area contributed by atoms with Gasteiger partial charge in [-0.3, -0.25) is 29.0 Å². The van der Waals surface area contributed by atoms with E-state index >= 15 is 19.2 Å². The van der Waals surface area contributed by atoms with Crippen LogP contribution in [0.15, 0.2) is 133 Å². The summed E-state index contributed by atoms with van der Waals surface area (Å²) in [7, 11) is 0. The zero-order valence-electron chi connectivity index (χ0n) is 59.6. The fourth-order valence-electron chi connectivity index (χ4n) is 15.1. The predicted octanol–water partition coefficient (Wildman–Crippen LogP) is 24.1. The van der Waals surface area contributed by atoms with Crippen molar-refractivity contribution in [1.82, 2.24) is 9.80 Å². The van der Waals surface area contributed by atoms with Gasteiger partial charge in [-0.2, -0.15) is 0 Å². The number of nitrogens with zero attached hydrogens (tertiary/aromatic N) is 4. The quantitative estimate of drug-likeness (QED) is 0.0259.